The van der Waals surface area contributed by atoms with E-state index in [0.29, 0.717) is 28.5 Å². The molecule has 4 aromatic rings. The third-order valence-electron chi connectivity index (χ3n) is 6.18. The quantitative estimate of drug-likeness (QED) is 0.402. The molecule has 1 aliphatic heterocycles. The van der Waals surface area contributed by atoms with Crippen molar-refractivity contribution < 1.29 is 31.1 Å². The zero-order chi connectivity index (χ0) is 26.4. The lowest BCUT2D eigenvalue weighted by Gasteiger charge is -2.24. The van der Waals surface area contributed by atoms with E-state index in [1.165, 1.54) is 12.1 Å². The van der Waals surface area contributed by atoms with Gasteiger partial charge in [-0.05, 0) is 43.2 Å². The Morgan fingerprint density at radius 1 is 1.16 bits per heavy atom. The molecule has 1 atom stereocenters. The molecule has 2 aromatic heterocycles. The summed E-state index contributed by atoms with van der Waals surface area (Å²) in [7, 11) is -3.22. The molecule has 8 nitrogen and oxygen atoms in total. The third-order valence-corrected chi connectivity index (χ3v) is 8.08. The summed E-state index contributed by atoms with van der Waals surface area (Å²) in [6, 6.07) is 11.0. The Bertz CT molecular complexity index is 1610. The highest BCUT2D eigenvalue weighted by molar-refractivity contribution is 7.91. The number of halogens is 3. The summed E-state index contributed by atoms with van der Waals surface area (Å²) >= 11 is 0. The average Bonchev–Trinajstić information content (AvgIpc) is 3.35. The molecule has 0 bridgehead atoms. The van der Waals surface area contributed by atoms with Gasteiger partial charge in [-0.15, -0.1) is 0 Å². The van der Waals surface area contributed by atoms with E-state index in [9.17, 15) is 26.4 Å². The standard InChI is InChI=1S/C25H21F3N4O4S/c1-25(7-8-37(34,35)14-25)31-22(33)16-5-6-19-20(15-3-2-4-18(9-15)36-23(27)28)13-32(21(19)10-16)24-29-11-17(26)12-30-24/h2-6,9-13,23H,7-8,14H2,1H3,(H,31,33)/t25-/m1/s1. The summed E-state index contributed by atoms with van der Waals surface area (Å²) in [4.78, 5) is 21.2. The number of fused-ring (bicyclic) bond motifs is 1. The Morgan fingerprint density at radius 3 is 2.59 bits per heavy atom. The molecule has 192 valence electrons. The van der Waals surface area contributed by atoms with E-state index in [1.807, 2.05) is 0 Å². The van der Waals surface area contributed by atoms with E-state index in [2.05, 4.69) is 20.0 Å². The van der Waals surface area contributed by atoms with Gasteiger partial charge in [-0.2, -0.15) is 8.78 Å². The Morgan fingerprint density at radius 2 is 1.92 bits per heavy atom. The SMILES string of the molecule is C[C@@]1(NC(=O)c2ccc3c(-c4cccc(OC(F)F)c4)cn(-c4ncc(F)cn4)c3c2)CCS(=O)(=O)C1. The van der Waals surface area contributed by atoms with Gasteiger partial charge >= 0.3 is 6.61 Å². The summed E-state index contributed by atoms with van der Waals surface area (Å²) in [5.41, 5.74) is 1.05. The van der Waals surface area contributed by atoms with Crippen LogP contribution < -0.4 is 10.1 Å². The van der Waals surface area contributed by atoms with E-state index in [1.54, 1.807) is 48.0 Å². The highest BCUT2D eigenvalue weighted by atomic mass is 32.2. The second-order valence-corrected chi connectivity index (χ2v) is 11.3. The van der Waals surface area contributed by atoms with Gasteiger partial charge in [-0.3, -0.25) is 9.36 Å². The van der Waals surface area contributed by atoms with Crippen molar-refractivity contribution in [1.82, 2.24) is 19.9 Å². The van der Waals surface area contributed by atoms with Crippen LogP contribution in [0.5, 0.6) is 5.75 Å². The van der Waals surface area contributed by atoms with Crippen LogP contribution in [0.3, 0.4) is 0 Å². The molecule has 5 rings (SSSR count). The minimum Gasteiger partial charge on any atom is -0.435 e. The van der Waals surface area contributed by atoms with Gasteiger partial charge in [-0.1, -0.05) is 18.2 Å². The first-order valence-electron chi connectivity index (χ1n) is 11.2. The lowest BCUT2D eigenvalue weighted by molar-refractivity contribution is -0.0498. The number of nitrogens with zero attached hydrogens (tertiary/aromatic N) is 3. The van der Waals surface area contributed by atoms with Crippen LogP contribution in [-0.2, 0) is 9.84 Å². The second-order valence-electron chi connectivity index (χ2n) is 9.11. The second kappa shape index (κ2) is 9.18. The largest absolute Gasteiger partial charge is 0.435 e. The fraction of sp³-hybridized carbons (Fsp3) is 0.240. The number of carbonyl (C=O) groups is 1. The number of ether oxygens (including phenoxy) is 1. The Balaban J connectivity index is 1.59. The lowest BCUT2D eigenvalue weighted by atomic mass is 10.0. The Hall–Kier alpha value is -3.93. The molecular weight excluding hydrogens is 509 g/mol. The number of aromatic nitrogens is 3. The van der Waals surface area contributed by atoms with Crippen LogP contribution >= 0.6 is 0 Å². The molecule has 1 fully saturated rings. The molecule has 1 amide bonds. The van der Waals surface area contributed by atoms with Gasteiger partial charge in [0, 0.05) is 22.7 Å². The van der Waals surface area contributed by atoms with Crippen molar-refractivity contribution >= 4 is 26.6 Å². The Labute approximate surface area is 210 Å². The van der Waals surface area contributed by atoms with Gasteiger partial charge in [0.05, 0.1) is 35.0 Å². The highest BCUT2D eigenvalue weighted by Crippen LogP contribution is 2.34. The molecule has 2 aromatic carbocycles. The summed E-state index contributed by atoms with van der Waals surface area (Å²) in [6.45, 7) is -1.29. The summed E-state index contributed by atoms with van der Waals surface area (Å²) < 4.78 is 69.0. The molecule has 1 N–H and O–H groups in total. The molecular formula is C25H21F3N4O4S. The molecule has 0 unspecified atom stereocenters. The van der Waals surface area contributed by atoms with Crippen molar-refractivity contribution in [3.63, 3.8) is 0 Å². The smallest absolute Gasteiger partial charge is 0.387 e. The molecule has 0 saturated carbocycles. The van der Waals surface area contributed by atoms with Crippen LogP contribution in [-0.4, -0.2) is 52.5 Å². The predicted octanol–water partition coefficient (Wildman–Crippen LogP) is 4.14. The van der Waals surface area contributed by atoms with Crippen LogP contribution in [0, 0.1) is 5.82 Å². The zero-order valence-electron chi connectivity index (χ0n) is 19.5. The normalized spacial score (nSPS) is 18.8. The van der Waals surface area contributed by atoms with E-state index < -0.39 is 33.7 Å². The van der Waals surface area contributed by atoms with Gasteiger partial charge in [-0.25, -0.2) is 22.8 Å². The summed E-state index contributed by atoms with van der Waals surface area (Å²) in [5.74, 6) is -1.12. The average molecular weight is 531 g/mol. The van der Waals surface area contributed by atoms with Gasteiger partial charge < -0.3 is 10.1 Å². The van der Waals surface area contributed by atoms with Crippen molar-refractivity contribution in [3.05, 3.63) is 72.4 Å². The maximum Gasteiger partial charge on any atom is 0.387 e. The van der Waals surface area contributed by atoms with E-state index >= 15 is 0 Å². The number of alkyl halides is 2. The third kappa shape index (κ3) is 5.15. The zero-order valence-corrected chi connectivity index (χ0v) is 20.3. The molecule has 1 aliphatic rings. The number of hydrogen-bond donors (Lipinski definition) is 1. The van der Waals surface area contributed by atoms with E-state index in [0.717, 1.165) is 12.4 Å². The molecule has 37 heavy (non-hydrogen) atoms. The maximum atomic E-state index is 13.5. The Kier molecular flexibility index (Phi) is 6.14. The molecule has 0 radical (unpaired) electrons. The lowest BCUT2D eigenvalue weighted by Crippen LogP contribution is -2.46. The molecule has 0 aliphatic carbocycles. The number of carbonyl (C=O) groups excluding carboxylic acids is 1. The number of amides is 1. The first kappa shape index (κ1) is 24.8. The van der Waals surface area contributed by atoms with Crippen LogP contribution in [0.2, 0.25) is 0 Å². The molecule has 1 saturated heterocycles. The fourth-order valence-electron chi connectivity index (χ4n) is 4.49. The van der Waals surface area contributed by atoms with Gasteiger partial charge in [0.25, 0.3) is 5.91 Å². The highest BCUT2D eigenvalue weighted by Gasteiger charge is 2.39. The minimum absolute atomic E-state index is 0.00523. The summed E-state index contributed by atoms with van der Waals surface area (Å²) in [6.07, 6.45) is 3.97. The van der Waals surface area contributed by atoms with E-state index in [4.69, 9.17) is 0 Å². The van der Waals surface area contributed by atoms with Crippen molar-refractivity contribution in [2.45, 2.75) is 25.5 Å². The van der Waals surface area contributed by atoms with Gasteiger partial charge in [0.2, 0.25) is 5.95 Å². The van der Waals surface area contributed by atoms with Crippen molar-refractivity contribution in [3.8, 4) is 22.8 Å². The first-order valence-corrected chi connectivity index (χ1v) is 13.1. The van der Waals surface area contributed by atoms with Gasteiger partial charge in [0.15, 0.2) is 15.7 Å². The number of benzene rings is 2. The van der Waals surface area contributed by atoms with E-state index in [-0.39, 0.29) is 28.8 Å². The topological polar surface area (TPSA) is 103 Å². The fourth-order valence-corrected chi connectivity index (χ4v) is 6.58. The number of nitrogens with one attached hydrogen (secondary N) is 1. The van der Waals surface area contributed by atoms with Crippen molar-refractivity contribution in [2.24, 2.45) is 0 Å². The summed E-state index contributed by atoms with van der Waals surface area (Å²) in [5, 5.41) is 3.47. The first-order chi connectivity index (χ1) is 17.5. The molecule has 12 heteroatoms. The van der Waals surface area contributed by atoms with Crippen LogP contribution in [0.25, 0.3) is 28.0 Å². The minimum atomic E-state index is -3.22. The van der Waals surface area contributed by atoms with Crippen LogP contribution in [0.4, 0.5) is 13.2 Å². The van der Waals surface area contributed by atoms with Crippen molar-refractivity contribution in [1.29, 1.82) is 0 Å². The molecule has 0 spiro atoms. The van der Waals surface area contributed by atoms with Crippen LogP contribution in [0.15, 0.2) is 61.1 Å². The predicted molar refractivity (Wildman–Crippen MR) is 130 cm³/mol. The van der Waals surface area contributed by atoms with Crippen LogP contribution in [0.1, 0.15) is 23.7 Å². The number of rotatable bonds is 6. The molecule has 3 heterocycles. The number of hydrogen-bond acceptors (Lipinski definition) is 6. The van der Waals surface area contributed by atoms with Crippen molar-refractivity contribution in [2.75, 3.05) is 11.5 Å². The maximum absolute atomic E-state index is 13.5. The number of sulfone groups is 1. The van der Waals surface area contributed by atoms with Gasteiger partial charge in [0.1, 0.15) is 5.75 Å². The monoisotopic (exact) mass is 530 g/mol.